The number of ether oxygens (including phenoxy) is 4. The first-order chi connectivity index (χ1) is 27.6. The number of aliphatic hydroxyl groups excluding tert-OH is 2. The fraction of sp³-hybridized carbons (Fsp3) is 0.535. The number of hydrogen-bond acceptors (Lipinski definition) is 15. The fourth-order valence-corrected chi connectivity index (χ4v) is 7.43. The molecule has 9 unspecified atom stereocenters. The minimum Gasteiger partial charge on any atom is -0.507 e. The van der Waals surface area contributed by atoms with Crippen LogP contribution >= 0.6 is 0 Å². The Morgan fingerprint density at radius 2 is 1.61 bits per heavy atom. The van der Waals surface area contributed by atoms with Gasteiger partial charge in [0, 0.05) is 81.3 Å². The number of phenolic OH excluding ortho intramolecular Hbond substituents is 3. The highest BCUT2D eigenvalue weighted by atomic mass is 16.7. The molecule has 2 aromatic rings. The fourth-order valence-electron chi connectivity index (χ4n) is 7.43. The first-order valence-corrected chi connectivity index (χ1v) is 19.6. The van der Waals surface area contributed by atoms with Gasteiger partial charge < -0.3 is 54.7 Å². The average molecular weight is 825 g/mol. The number of esters is 1. The van der Waals surface area contributed by atoms with Gasteiger partial charge in [-0.1, -0.05) is 45.9 Å². The molecule has 324 valence electrons. The highest BCUT2D eigenvalue weighted by Crippen LogP contribution is 2.55. The number of nitrogens with one attached hydrogen (secondary N) is 1. The van der Waals surface area contributed by atoms with E-state index in [0.717, 1.165) is 0 Å². The van der Waals surface area contributed by atoms with Gasteiger partial charge >= 0.3 is 11.8 Å². The maximum absolute atomic E-state index is 14.4. The molecular weight excluding hydrogens is 764 g/mol. The summed E-state index contributed by atoms with van der Waals surface area (Å²) in [4.78, 5) is 42.4. The lowest BCUT2D eigenvalue weighted by Crippen LogP contribution is -2.46. The van der Waals surface area contributed by atoms with Crippen LogP contribution in [0.5, 0.6) is 23.0 Å². The Hall–Kier alpha value is -5.16. The van der Waals surface area contributed by atoms with Crippen LogP contribution in [0.2, 0.25) is 0 Å². The SMILES string of the molecule is COC1/C=C/OC2(C)Oc3c(C)c(O)c4c(O)c(c(/C=N\N(C)CCN(C)C)c(O)c4c3C2=O)NC(=O)/C(C)=C\C=C\C(C)C(O)C(C)C(O)C(C)C(OC(C)=O)C1C. The summed E-state index contributed by atoms with van der Waals surface area (Å²) in [5.74, 6) is -8.45. The number of allylic oxidation sites excluding steroid dienone is 2. The molecule has 3 heterocycles. The zero-order valence-electron chi connectivity index (χ0n) is 35.9. The van der Waals surface area contributed by atoms with Gasteiger partial charge in [0.05, 0.1) is 53.0 Å². The van der Waals surface area contributed by atoms with E-state index in [1.54, 1.807) is 51.9 Å². The number of fused-ring (bicyclic) bond motifs is 14. The number of rotatable bonds is 7. The molecule has 3 aliphatic heterocycles. The number of aliphatic hydroxyl groups is 2. The summed E-state index contributed by atoms with van der Waals surface area (Å²) in [5, 5.41) is 66.4. The van der Waals surface area contributed by atoms with Gasteiger partial charge in [0.25, 0.3) is 11.7 Å². The molecule has 59 heavy (non-hydrogen) atoms. The van der Waals surface area contributed by atoms with Crippen molar-refractivity contribution in [3.63, 3.8) is 0 Å². The smallest absolute Gasteiger partial charge is 0.312 e. The van der Waals surface area contributed by atoms with Crippen LogP contribution < -0.4 is 10.1 Å². The van der Waals surface area contributed by atoms with E-state index >= 15 is 0 Å². The average Bonchev–Trinajstić information content (AvgIpc) is 3.45. The van der Waals surface area contributed by atoms with Crippen molar-refractivity contribution in [2.24, 2.45) is 28.8 Å². The summed E-state index contributed by atoms with van der Waals surface area (Å²) < 4.78 is 23.6. The summed E-state index contributed by atoms with van der Waals surface area (Å²) in [6.45, 7) is 13.6. The Kier molecular flexibility index (Phi) is 14.8. The van der Waals surface area contributed by atoms with E-state index in [1.165, 1.54) is 59.4 Å². The molecular formula is C43H60N4O12. The standard InChI is InChI=1S/C43H60N4O12/c1-21-14-13-15-22(2)42(55)45-33-28(20-44-47(11)18-17-46(9)10)37(52)30-31(38(33)53)36(51)26(6)40-32(30)41(54)43(8,59-40)57-19-16-29(56-12)23(3)39(58-27(7)48)25(5)35(50)24(4)34(21)49/h13-16,19-21,23-25,29,34-35,39,49-53H,17-18H2,1-12H3,(H,45,55)/b14-13+,19-16+,22-15-,44-20-. The number of carbonyl (C=O) groups excluding carboxylic acids is 3. The zero-order valence-corrected chi connectivity index (χ0v) is 35.9. The van der Waals surface area contributed by atoms with Crippen LogP contribution in [-0.4, -0.2) is 131 Å². The molecule has 16 nitrogen and oxygen atoms in total. The van der Waals surface area contributed by atoms with Crippen molar-refractivity contribution in [2.75, 3.05) is 46.7 Å². The maximum Gasteiger partial charge on any atom is 0.312 e. The van der Waals surface area contributed by atoms with E-state index in [9.17, 15) is 39.9 Å². The molecule has 0 aromatic heterocycles. The number of nitrogens with zero attached hydrogens (tertiary/aromatic N) is 3. The van der Waals surface area contributed by atoms with Gasteiger partial charge in [-0.3, -0.25) is 19.4 Å². The largest absolute Gasteiger partial charge is 0.507 e. The van der Waals surface area contributed by atoms with E-state index in [1.807, 2.05) is 19.0 Å². The third-order valence-corrected chi connectivity index (χ3v) is 11.3. The quantitative estimate of drug-likeness (QED) is 0.0741. The Morgan fingerprint density at radius 1 is 0.949 bits per heavy atom. The van der Waals surface area contributed by atoms with Crippen LogP contribution in [0.1, 0.15) is 70.0 Å². The molecule has 3 aliphatic rings. The molecule has 0 spiro atoms. The van der Waals surface area contributed by atoms with Crippen molar-refractivity contribution < 1.29 is 58.9 Å². The number of Topliss-reactive ketones (excluding diaryl/α,β-unsaturated/α-hetero) is 1. The minimum atomic E-state index is -2.05. The van der Waals surface area contributed by atoms with Crippen LogP contribution in [0, 0.1) is 30.6 Å². The van der Waals surface area contributed by atoms with Crippen molar-refractivity contribution in [1.82, 2.24) is 9.91 Å². The molecule has 1 amide bonds. The second kappa shape index (κ2) is 18.8. The Labute approximate surface area is 345 Å². The number of carbonyl (C=O) groups is 3. The molecule has 16 heteroatoms. The number of likely N-dealkylation sites (N-methyl/N-ethyl adjacent to an activating group) is 2. The van der Waals surface area contributed by atoms with E-state index in [-0.39, 0.29) is 44.5 Å². The first-order valence-electron chi connectivity index (χ1n) is 19.6. The molecule has 9 atom stereocenters. The van der Waals surface area contributed by atoms with Crippen LogP contribution in [0.15, 0.2) is 41.2 Å². The van der Waals surface area contributed by atoms with Crippen molar-refractivity contribution in [3.8, 4) is 23.0 Å². The zero-order chi connectivity index (χ0) is 44.3. The Balaban J connectivity index is 1.97. The molecule has 0 aliphatic carbocycles. The number of phenols is 3. The number of ketones is 1. The molecule has 6 N–H and O–H groups in total. The molecule has 0 saturated heterocycles. The lowest BCUT2D eigenvalue weighted by atomic mass is 9.78. The summed E-state index contributed by atoms with van der Waals surface area (Å²) in [7, 11) is 6.93. The van der Waals surface area contributed by atoms with Gasteiger partial charge in [-0.05, 0) is 34.0 Å². The number of aromatic hydroxyl groups is 3. The first kappa shape index (κ1) is 46.5. The maximum atomic E-state index is 14.4. The van der Waals surface area contributed by atoms with Gasteiger partial charge in [-0.2, -0.15) is 5.10 Å². The topological polar surface area (TPSA) is 220 Å². The normalized spacial score (nSPS) is 30.2. The Bertz CT molecular complexity index is 2040. The molecule has 5 rings (SSSR count). The second-order valence-electron chi connectivity index (χ2n) is 16.0. The highest BCUT2D eigenvalue weighted by Gasteiger charge is 2.50. The molecule has 5 bridgehead atoms. The third-order valence-electron chi connectivity index (χ3n) is 11.3. The van der Waals surface area contributed by atoms with Crippen molar-refractivity contribution in [2.45, 2.75) is 85.6 Å². The van der Waals surface area contributed by atoms with Gasteiger partial charge in [0.1, 0.15) is 23.4 Å². The van der Waals surface area contributed by atoms with Gasteiger partial charge in [-0.15, -0.1) is 0 Å². The van der Waals surface area contributed by atoms with Gasteiger partial charge in [-0.25, -0.2) is 0 Å². The highest BCUT2D eigenvalue weighted by molar-refractivity contribution is 6.23. The van der Waals surface area contributed by atoms with Crippen molar-refractivity contribution in [3.05, 3.63) is 52.8 Å². The number of anilines is 1. The molecule has 2 aromatic carbocycles. The summed E-state index contributed by atoms with van der Waals surface area (Å²) in [5.41, 5.74) is -0.432. The van der Waals surface area contributed by atoms with Crippen molar-refractivity contribution in [1.29, 1.82) is 0 Å². The van der Waals surface area contributed by atoms with Gasteiger partial charge in [0.2, 0.25) is 0 Å². The lowest BCUT2D eigenvalue weighted by molar-refractivity contribution is -0.160. The predicted molar refractivity (Wildman–Crippen MR) is 223 cm³/mol. The summed E-state index contributed by atoms with van der Waals surface area (Å²) in [6, 6.07) is 0. The number of hydrogen-bond donors (Lipinski definition) is 6. The molecule has 0 saturated carbocycles. The molecule has 0 fully saturated rings. The summed E-state index contributed by atoms with van der Waals surface area (Å²) in [6.07, 6.45) is 4.76. The molecule has 0 radical (unpaired) electrons. The number of amides is 1. The number of methoxy groups -OCH3 is 1. The van der Waals surface area contributed by atoms with Crippen LogP contribution in [-0.2, 0) is 23.8 Å². The van der Waals surface area contributed by atoms with Crippen LogP contribution in [0.3, 0.4) is 0 Å². The second-order valence-corrected chi connectivity index (χ2v) is 16.0. The van der Waals surface area contributed by atoms with E-state index in [0.29, 0.717) is 13.1 Å². The predicted octanol–water partition coefficient (Wildman–Crippen LogP) is 4.58. The number of benzene rings is 2. The monoisotopic (exact) mass is 824 g/mol. The lowest BCUT2D eigenvalue weighted by Gasteiger charge is -2.38. The van der Waals surface area contributed by atoms with Gasteiger partial charge in [0.15, 0.2) is 5.75 Å². The summed E-state index contributed by atoms with van der Waals surface area (Å²) >= 11 is 0. The van der Waals surface area contributed by atoms with E-state index in [2.05, 4.69) is 10.4 Å². The number of hydrazone groups is 1. The minimum absolute atomic E-state index is 0.0476. The van der Waals surface area contributed by atoms with Crippen LogP contribution in [0.4, 0.5) is 5.69 Å². The van der Waals surface area contributed by atoms with E-state index in [4.69, 9.17) is 18.9 Å². The third kappa shape index (κ3) is 9.67. The van der Waals surface area contributed by atoms with Crippen LogP contribution in [0.25, 0.3) is 10.8 Å². The van der Waals surface area contributed by atoms with Crippen molar-refractivity contribution >= 4 is 40.3 Å². The Morgan fingerprint density at radius 3 is 2.22 bits per heavy atom. The van der Waals surface area contributed by atoms with E-state index < -0.39 is 88.8 Å².